The number of nitrogens with zero attached hydrogens (tertiary/aromatic N) is 2. The number of anilines is 1. The number of aliphatic hydroxyl groups excluding tert-OH is 1. The van der Waals surface area contributed by atoms with E-state index in [4.69, 9.17) is 4.98 Å². The number of aryl methyl sites for hydroxylation is 3. The monoisotopic (exact) mass is 519 g/mol. The molecule has 0 bridgehead atoms. The normalized spacial score (nSPS) is 18.0. The zero-order valence-corrected chi connectivity index (χ0v) is 21.7. The number of benzene rings is 1. The van der Waals surface area contributed by atoms with Gasteiger partial charge in [-0.25, -0.2) is 4.98 Å². The number of aromatic nitrogens is 2. The molecule has 2 aliphatic heterocycles. The van der Waals surface area contributed by atoms with E-state index < -0.39 is 12.3 Å². The molecule has 0 saturated carbocycles. The maximum absolute atomic E-state index is 13.0. The third-order valence-electron chi connectivity index (χ3n) is 7.74. The van der Waals surface area contributed by atoms with Crippen molar-refractivity contribution in [2.45, 2.75) is 63.7 Å². The van der Waals surface area contributed by atoms with Crippen molar-refractivity contribution in [2.24, 2.45) is 5.92 Å². The van der Waals surface area contributed by atoms with Crippen LogP contribution in [0.1, 0.15) is 48.9 Å². The molecule has 0 aliphatic carbocycles. The zero-order chi connectivity index (χ0) is 26.5. The number of rotatable bonds is 11. The highest BCUT2D eigenvalue weighted by atomic mass is 16.5. The van der Waals surface area contributed by atoms with Gasteiger partial charge in [-0.05, 0) is 68.2 Å². The van der Waals surface area contributed by atoms with Gasteiger partial charge in [0.1, 0.15) is 5.82 Å². The van der Waals surface area contributed by atoms with Gasteiger partial charge in [0.15, 0.2) is 6.29 Å². The number of pyridine rings is 1. The Hall–Kier alpha value is -3.43. The smallest absolute Gasteiger partial charge is 0.239 e. The molecule has 2 aromatic heterocycles. The molecule has 0 radical (unpaired) electrons. The fraction of sp³-hybridized carbons (Fsp3) is 0.483. The van der Waals surface area contributed by atoms with E-state index in [1.54, 1.807) is 4.90 Å². The summed E-state index contributed by atoms with van der Waals surface area (Å²) in [4.78, 5) is 35.4. The van der Waals surface area contributed by atoms with Gasteiger partial charge in [-0.3, -0.25) is 9.59 Å². The highest BCUT2D eigenvalue weighted by molar-refractivity contribution is 5.87. The number of aliphatic hydroxyl groups is 2. The fourth-order valence-corrected chi connectivity index (χ4v) is 5.68. The first-order valence-electron chi connectivity index (χ1n) is 13.7. The number of likely N-dealkylation sites (tertiary alicyclic amines) is 1. The lowest BCUT2D eigenvalue weighted by Gasteiger charge is -2.22. The van der Waals surface area contributed by atoms with Crippen LogP contribution in [0.5, 0.6) is 0 Å². The largest absolute Gasteiger partial charge is 0.370 e. The summed E-state index contributed by atoms with van der Waals surface area (Å²) in [5.74, 6) is 0.599. The van der Waals surface area contributed by atoms with Crippen LogP contribution in [0, 0.1) is 5.92 Å². The van der Waals surface area contributed by atoms with Gasteiger partial charge in [-0.2, -0.15) is 0 Å². The first-order valence-corrected chi connectivity index (χ1v) is 13.7. The van der Waals surface area contributed by atoms with E-state index in [2.05, 4.69) is 27.8 Å². The molecular weight excluding hydrogens is 482 g/mol. The van der Waals surface area contributed by atoms with Gasteiger partial charge in [0.25, 0.3) is 0 Å². The predicted molar refractivity (Wildman–Crippen MR) is 145 cm³/mol. The maximum Gasteiger partial charge on any atom is 0.239 e. The minimum Gasteiger partial charge on any atom is -0.370 e. The molecule has 3 aromatic rings. The Morgan fingerprint density at radius 1 is 1.18 bits per heavy atom. The lowest BCUT2D eigenvalue weighted by atomic mass is 9.99. The Balaban J connectivity index is 1.11. The van der Waals surface area contributed by atoms with Crippen LogP contribution in [0.3, 0.4) is 0 Å². The average molecular weight is 520 g/mol. The van der Waals surface area contributed by atoms with Crippen molar-refractivity contribution >= 4 is 28.5 Å². The van der Waals surface area contributed by atoms with E-state index >= 15 is 0 Å². The van der Waals surface area contributed by atoms with Gasteiger partial charge < -0.3 is 30.7 Å². The number of carbonyl (C=O) groups excluding carboxylic acids is 2. The second kappa shape index (κ2) is 12.0. The zero-order valence-electron chi connectivity index (χ0n) is 21.7. The number of hydrogen-bond donors (Lipinski definition) is 5. The topological polar surface area (TPSA) is 131 Å². The van der Waals surface area contributed by atoms with E-state index in [1.807, 2.05) is 30.5 Å². The Morgan fingerprint density at radius 2 is 2.05 bits per heavy atom. The van der Waals surface area contributed by atoms with Crippen molar-refractivity contribution in [2.75, 3.05) is 25.0 Å². The lowest BCUT2D eigenvalue weighted by molar-refractivity contribution is -0.136. The standard InChI is InChI=1S/C29H37N5O4/c35-26(32-23(16-27(36)37)12-9-21-17-31-25-6-2-1-5-24(21)25)18-34-15-13-20(29(34)38)8-11-22-10-7-19-4-3-14-30-28(19)33-22/h1-2,5-7,10,17,20,23,27,31,36-37H,3-4,8-9,11-16,18H2,(H,30,33)(H,32,35)/t20-,23-/m1/s1. The molecule has 4 heterocycles. The molecule has 2 aliphatic rings. The Bertz CT molecular complexity index is 1270. The molecule has 38 heavy (non-hydrogen) atoms. The first kappa shape index (κ1) is 26.2. The fourth-order valence-electron chi connectivity index (χ4n) is 5.68. The van der Waals surface area contributed by atoms with Crippen LogP contribution < -0.4 is 10.6 Å². The van der Waals surface area contributed by atoms with Crippen LogP contribution in [0.2, 0.25) is 0 Å². The summed E-state index contributed by atoms with van der Waals surface area (Å²) in [7, 11) is 0. The summed E-state index contributed by atoms with van der Waals surface area (Å²) in [5, 5.41) is 26.5. The second-order valence-corrected chi connectivity index (χ2v) is 10.5. The maximum atomic E-state index is 13.0. The van der Waals surface area contributed by atoms with E-state index in [0.717, 1.165) is 60.2 Å². The van der Waals surface area contributed by atoms with E-state index in [0.29, 0.717) is 25.8 Å². The summed E-state index contributed by atoms with van der Waals surface area (Å²) in [6.45, 7) is 1.49. The summed E-state index contributed by atoms with van der Waals surface area (Å²) in [6, 6.07) is 11.8. The third kappa shape index (κ3) is 6.34. The molecule has 0 unspecified atom stereocenters. The number of H-pyrrole nitrogens is 1. The number of fused-ring (bicyclic) bond motifs is 2. The van der Waals surface area contributed by atoms with Crippen LogP contribution in [-0.4, -0.2) is 68.9 Å². The van der Waals surface area contributed by atoms with Crippen molar-refractivity contribution in [1.82, 2.24) is 20.2 Å². The summed E-state index contributed by atoms with van der Waals surface area (Å²) in [5.41, 5.74) is 4.41. The Kier molecular flexibility index (Phi) is 8.24. The van der Waals surface area contributed by atoms with Gasteiger partial charge in [-0.1, -0.05) is 24.3 Å². The van der Waals surface area contributed by atoms with Crippen LogP contribution in [0.15, 0.2) is 42.6 Å². The summed E-state index contributed by atoms with van der Waals surface area (Å²) < 4.78 is 0. The highest BCUT2D eigenvalue weighted by Crippen LogP contribution is 2.25. The Morgan fingerprint density at radius 3 is 2.92 bits per heavy atom. The molecule has 9 nitrogen and oxygen atoms in total. The van der Waals surface area contributed by atoms with Crippen LogP contribution >= 0.6 is 0 Å². The van der Waals surface area contributed by atoms with Crippen molar-refractivity contribution < 1.29 is 19.8 Å². The van der Waals surface area contributed by atoms with Gasteiger partial charge in [0, 0.05) is 54.3 Å². The molecular formula is C29H37N5O4. The number of amides is 2. The van der Waals surface area contributed by atoms with Gasteiger partial charge in [-0.15, -0.1) is 0 Å². The third-order valence-corrected chi connectivity index (χ3v) is 7.74. The molecule has 1 aromatic carbocycles. The lowest BCUT2D eigenvalue weighted by Crippen LogP contribution is -2.44. The van der Waals surface area contributed by atoms with Crippen molar-refractivity contribution in [3.8, 4) is 0 Å². The van der Waals surface area contributed by atoms with Crippen LogP contribution in [0.4, 0.5) is 5.82 Å². The minimum atomic E-state index is -1.52. The molecule has 202 valence electrons. The van der Waals surface area contributed by atoms with Crippen molar-refractivity contribution in [1.29, 1.82) is 0 Å². The summed E-state index contributed by atoms with van der Waals surface area (Å²) in [6.07, 6.45) is 6.06. The highest BCUT2D eigenvalue weighted by Gasteiger charge is 2.32. The molecule has 2 atom stereocenters. The second-order valence-electron chi connectivity index (χ2n) is 10.5. The minimum absolute atomic E-state index is 0.00812. The number of nitrogens with one attached hydrogen (secondary N) is 3. The van der Waals surface area contributed by atoms with Crippen molar-refractivity contribution in [3.63, 3.8) is 0 Å². The molecule has 5 rings (SSSR count). The van der Waals surface area contributed by atoms with Gasteiger partial charge in [0.05, 0.1) is 6.54 Å². The SMILES string of the molecule is O=C(CN1CC[C@@H](CCc2ccc3c(n2)NCCC3)C1=O)N[C@H](CCc1c[nH]c2ccccc12)CC(O)O. The summed E-state index contributed by atoms with van der Waals surface area (Å²) >= 11 is 0. The number of hydrogen-bond acceptors (Lipinski definition) is 6. The quantitative estimate of drug-likeness (QED) is 0.248. The molecule has 9 heteroatoms. The van der Waals surface area contributed by atoms with Crippen molar-refractivity contribution in [3.05, 3.63) is 59.4 Å². The van der Waals surface area contributed by atoms with E-state index in [-0.39, 0.29) is 30.7 Å². The van der Waals surface area contributed by atoms with Crippen LogP contribution in [0.25, 0.3) is 10.9 Å². The van der Waals surface area contributed by atoms with Gasteiger partial charge in [0.2, 0.25) is 11.8 Å². The molecule has 2 amide bonds. The van der Waals surface area contributed by atoms with Crippen LogP contribution in [-0.2, 0) is 28.9 Å². The average Bonchev–Trinajstić information content (AvgIpc) is 3.48. The molecule has 5 N–H and O–H groups in total. The molecule has 1 fully saturated rings. The number of para-hydroxylation sites is 1. The number of carbonyl (C=O) groups is 2. The predicted octanol–water partition coefficient (Wildman–Crippen LogP) is 2.52. The van der Waals surface area contributed by atoms with E-state index in [1.165, 1.54) is 5.56 Å². The number of aromatic amines is 1. The molecule has 1 saturated heterocycles. The van der Waals surface area contributed by atoms with Gasteiger partial charge >= 0.3 is 0 Å². The Labute approximate surface area is 222 Å². The van der Waals surface area contributed by atoms with E-state index in [9.17, 15) is 19.8 Å². The molecule has 0 spiro atoms. The first-order chi connectivity index (χ1) is 18.5.